The highest BCUT2D eigenvalue weighted by atomic mass is 35.5. The molecule has 1 aromatic heterocycles. The van der Waals surface area contributed by atoms with Crippen molar-refractivity contribution in [1.82, 2.24) is 9.29 Å². The summed E-state index contributed by atoms with van der Waals surface area (Å²) in [6.07, 6.45) is 4.22. The molecule has 0 N–H and O–H groups in total. The van der Waals surface area contributed by atoms with Crippen LogP contribution in [-0.4, -0.2) is 43.2 Å². The first-order valence-electron chi connectivity index (χ1n) is 9.58. The van der Waals surface area contributed by atoms with E-state index in [0.29, 0.717) is 24.4 Å². The van der Waals surface area contributed by atoms with Gasteiger partial charge in [-0.1, -0.05) is 23.2 Å². The van der Waals surface area contributed by atoms with Crippen LogP contribution in [0.4, 0.5) is 5.69 Å². The molecule has 2 aromatic rings. The van der Waals surface area contributed by atoms with Crippen molar-refractivity contribution in [1.29, 1.82) is 0 Å². The average Bonchev–Trinajstić information content (AvgIpc) is 2.73. The lowest BCUT2D eigenvalue weighted by Crippen LogP contribution is -2.45. The molecule has 2 aliphatic rings. The van der Waals surface area contributed by atoms with Gasteiger partial charge >= 0.3 is 0 Å². The Hall–Kier alpha value is -1.67. The van der Waals surface area contributed by atoms with Crippen LogP contribution >= 0.6 is 23.2 Å². The van der Waals surface area contributed by atoms with Crippen molar-refractivity contribution in [3.63, 3.8) is 0 Å². The fraction of sp³-hybridized carbons (Fsp3) is 0.400. The number of aromatic nitrogens is 1. The zero-order valence-corrected chi connectivity index (χ0v) is 18.1. The van der Waals surface area contributed by atoms with Crippen LogP contribution in [0.15, 0.2) is 41.4 Å². The van der Waals surface area contributed by atoms with Gasteiger partial charge in [0.25, 0.3) is 0 Å². The summed E-state index contributed by atoms with van der Waals surface area (Å²) in [7, 11) is -3.72. The Balaban J connectivity index is 1.47. The van der Waals surface area contributed by atoms with Gasteiger partial charge in [-0.15, -0.1) is 0 Å². The van der Waals surface area contributed by atoms with Crippen LogP contribution in [0.1, 0.15) is 24.8 Å². The third-order valence-corrected chi connectivity index (χ3v) is 8.15. The summed E-state index contributed by atoms with van der Waals surface area (Å²) < 4.78 is 27.1. The molecule has 154 valence electrons. The van der Waals surface area contributed by atoms with Crippen LogP contribution in [0.2, 0.25) is 10.2 Å². The van der Waals surface area contributed by atoms with Crippen molar-refractivity contribution in [3.05, 3.63) is 52.3 Å². The molecule has 2 aliphatic heterocycles. The highest BCUT2D eigenvalue weighted by Gasteiger charge is 2.36. The molecule has 6 nitrogen and oxygen atoms in total. The van der Waals surface area contributed by atoms with E-state index in [1.54, 1.807) is 12.1 Å². The molecule has 0 atom stereocenters. The van der Waals surface area contributed by atoms with Gasteiger partial charge in [-0.05, 0) is 61.6 Å². The van der Waals surface area contributed by atoms with E-state index in [4.69, 9.17) is 23.2 Å². The Bertz CT molecular complexity index is 1040. The van der Waals surface area contributed by atoms with Crippen molar-refractivity contribution >= 4 is 44.8 Å². The number of pyridine rings is 1. The molecule has 0 spiro atoms. The van der Waals surface area contributed by atoms with Crippen LogP contribution in [0.3, 0.4) is 0 Å². The summed E-state index contributed by atoms with van der Waals surface area (Å²) in [6, 6.07) is 8.63. The minimum Gasteiger partial charge on any atom is -0.312 e. The van der Waals surface area contributed by atoms with E-state index in [1.807, 2.05) is 17.0 Å². The number of hydrogen-bond donors (Lipinski definition) is 0. The van der Waals surface area contributed by atoms with E-state index in [9.17, 15) is 13.2 Å². The zero-order valence-electron chi connectivity index (χ0n) is 15.7. The predicted octanol–water partition coefficient (Wildman–Crippen LogP) is 3.77. The second-order valence-electron chi connectivity index (χ2n) is 7.34. The Labute approximate surface area is 180 Å². The number of piperidine rings is 1. The van der Waals surface area contributed by atoms with Gasteiger partial charge in [0.2, 0.25) is 15.9 Å². The van der Waals surface area contributed by atoms with Crippen LogP contribution in [0.25, 0.3) is 0 Å². The second-order valence-corrected chi connectivity index (χ2v) is 10.0. The molecule has 1 amide bonds. The van der Waals surface area contributed by atoms with Gasteiger partial charge in [-0.3, -0.25) is 4.79 Å². The SMILES string of the molecule is O=C(C1CCN(S(=O)(=O)c2cccnc2Cl)CC1)N1CCCc2cc(Cl)ccc21. The number of carbonyl (C=O) groups excluding carboxylic acids is 1. The fourth-order valence-electron chi connectivity index (χ4n) is 4.06. The van der Waals surface area contributed by atoms with E-state index in [1.165, 1.54) is 16.6 Å². The average molecular weight is 454 g/mol. The number of amides is 1. The lowest BCUT2D eigenvalue weighted by atomic mass is 9.94. The highest BCUT2D eigenvalue weighted by Crippen LogP contribution is 2.33. The molecular formula is C20H21Cl2N3O3S. The number of hydrogen-bond acceptors (Lipinski definition) is 4. The van der Waals surface area contributed by atoms with Gasteiger partial charge < -0.3 is 4.90 Å². The standard InChI is InChI=1S/C20H21Cl2N3O3S/c21-16-5-6-17-15(13-16)3-2-10-25(17)20(26)14-7-11-24(12-8-14)29(27,28)18-4-1-9-23-19(18)22/h1,4-6,9,13-14H,2-3,7-8,10-12H2. The third kappa shape index (κ3) is 4.01. The molecular weight excluding hydrogens is 433 g/mol. The summed E-state index contributed by atoms with van der Waals surface area (Å²) in [5, 5.41) is 0.639. The van der Waals surface area contributed by atoms with Crippen molar-refractivity contribution in [2.24, 2.45) is 5.92 Å². The van der Waals surface area contributed by atoms with Gasteiger partial charge in [0.15, 0.2) is 0 Å². The van der Waals surface area contributed by atoms with Crippen LogP contribution in [-0.2, 0) is 21.2 Å². The lowest BCUT2D eigenvalue weighted by molar-refractivity contribution is -0.123. The van der Waals surface area contributed by atoms with Gasteiger partial charge in [0.1, 0.15) is 10.0 Å². The van der Waals surface area contributed by atoms with E-state index < -0.39 is 10.0 Å². The van der Waals surface area contributed by atoms with Crippen LogP contribution in [0.5, 0.6) is 0 Å². The molecule has 0 unspecified atom stereocenters. The minimum absolute atomic E-state index is 0.00767. The number of anilines is 1. The predicted molar refractivity (Wildman–Crippen MR) is 113 cm³/mol. The molecule has 9 heteroatoms. The van der Waals surface area contributed by atoms with Gasteiger partial charge in [0.05, 0.1) is 0 Å². The number of aryl methyl sites for hydroxylation is 1. The molecule has 1 aromatic carbocycles. The molecule has 4 rings (SSSR count). The normalized spacial score (nSPS) is 18.5. The largest absolute Gasteiger partial charge is 0.312 e. The van der Waals surface area contributed by atoms with Gasteiger partial charge in [-0.25, -0.2) is 13.4 Å². The van der Waals surface area contributed by atoms with Crippen molar-refractivity contribution in [2.75, 3.05) is 24.5 Å². The molecule has 29 heavy (non-hydrogen) atoms. The Morgan fingerprint density at radius 1 is 1.10 bits per heavy atom. The number of benzene rings is 1. The van der Waals surface area contributed by atoms with Crippen molar-refractivity contribution < 1.29 is 13.2 Å². The van der Waals surface area contributed by atoms with E-state index >= 15 is 0 Å². The third-order valence-electron chi connectivity index (χ3n) is 5.57. The molecule has 1 saturated heterocycles. The van der Waals surface area contributed by atoms with Gasteiger partial charge in [0, 0.05) is 42.5 Å². The Morgan fingerprint density at radius 2 is 1.86 bits per heavy atom. The highest BCUT2D eigenvalue weighted by molar-refractivity contribution is 7.89. The molecule has 0 aliphatic carbocycles. The summed E-state index contributed by atoms with van der Waals surface area (Å²) in [5.41, 5.74) is 2.01. The quantitative estimate of drug-likeness (QED) is 0.663. The first-order valence-corrected chi connectivity index (χ1v) is 11.8. The lowest BCUT2D eigenvalue weighted by Gasteiger charge is -2.36. The van der Waals surface area contributed by atoms with Crippen LogP contribution < -0.4 is 4.90 Å². The number of sulfonamides is 1. The number of fused-ring (bicyclic) bond motifs is 1. The summed E-state index contributed by atoms with van der Waals surface area (Å²) in [5.74, 6) is -0.142. The molecule has 1 fully saturated rings. The zero-order chi connectivity index (χ0) is 20.6. The topological polar surface area (TPSA) is 70.6 Å². The monoisotopic (exact) mass is 453 g/mol. The summed E-state index contributed by atoms with van der Waals surface area (Å²) in [6.45, 7) is 1.24. The first-order chi connectivity index (χ1) is 13.9. The van der Waals surface area contributed by atoms with Crippen molar-refractivity contribution in [3.8, 4) is 0 Å². The smallest absolute Gasteiger partial charge is 0.246 e. The second kappa shape index (κ2) is 8.22. The van der Waals surface area contributed by atoms with Crippen LogP contribution in [0, 0.1) is 5.92 Å². The van der Waals surface area contributed by atoms with Crippen molar-refractivity contribution in [2.45, 2.75) is 30.6 Å². The number of nitrogens with zero attached hydrogens (tertiary/aromatic N) is 3. The Kier molecular flexibility index (Phi) is 5.84. The minimum atomic E-state index is -3.72. The fourth-order valence-corrected chi connectivity index (χ4v) is 6.15. The number of rotatable bonds is 3. The van der Waals surface area contributed by atoms with E-state index in [-0.39, 0.29) is 35.0 Å². The Morgan fingerprint density at radius 3 is 2.59 bits per heavy atom. The van der Waals surface area contributed by atoms with E-state index in [2.05, 4.69) is 4.98 Å². The molecule has 0 saturated carbocycles. The summed E-state index contributed by atoms with van der Waals surface area (Å²) in [4.78, 5) is 18.9. The first kappa shape index (κ1) is 20.6. The maximum Gasteiger partial charge on any atom is 0.246 e. The summed E-state index contributed by atoms with van der Waals surface area (Å²) >= 11 is 12.1. The molecule has 0 bridgehead atoms. The number of halogens is 2. The van der Waals surface area contributed by atoms with Gasteiger partial charge in [-0.2, -0.15) is 4.31 Å². The maximum atomic E-state index is 13.2. The maximum absolute atomic E-state index is 13.2. The van der Waals surface area contributed by atoms with E-state index in [0.717, 1.165) is 24.1 Å². The molecule has 3 heterocycles. The number of carbonyl (C=O) groups is 1. The molecule has 0 radical (unpaired) electrons.